The van der Waals surface area contributed by atoms with E-state index in [2.05, 4.69) is 80.9 Å². The largest absolute Gasteiger partial charge is 0.409 e. The van der Waals surface area contributed by atoms with Crippen molar-refractivity contribution in [3.8, 4) is 0 Å². The van der Waals surface area contributed by atoms with Gasteiger partial charge in [-0.25, -0.2) is 29.9 Å². The average molecular weight is 1070 g/mol. The van der Waals surface area contributed by atoms with Gasteiger partial charge in [0, 0.05) is 48.8 Å². The normalized spacial score (nSPS) is 23.3. The lowest BCUT2D eigenvalue weighted by atomic mass is 10.00. The van der Waals surface area contributed by atoms with E-state index in [0.717, 1.165) is 0 Å². The molecule has 0 spiro atoms. The second-order valence-corrected chi connectivity index (χ2v) is 29.5. The third-order valence-electron chi connectivity index (χ3n) is 13.7. The van der Waals surface area contributed by atoms with Crippen LogP contribution in [0.4, 0.5) is 11.6 Å². The molecule has 380 valence electrons. The van der Waals surface area contributed by atoms with Crippen LogP contribution in [0.25, 0.3) is 22.3 Å². The number of rotatable bonds is 20. The Morgan fingerprint density at radius 3 is 1.78 bits per heavy atom. The van der Waals surface area contributed by atoms with Crippen molar-refractivity contribution >= 4 is 91.7 Å². The van der Waals surface area contributed by atoms with Gasteiger partial charge in [-0.3, -0.25) is 33.6 Å². The fourth-order valence-electron chi connectivity index (χ4n) is 8.85. The van der Waals surface area contributed by atoms with Crippen LogP contribution in [0.3, 0.4) is 0 Å². The van der Waals surface area contributed by atoms with Gasteiger partial charge in [0.2, 0.25) is 0 Å². The molecule has 2 amide bonds. The molecule has 2 saturated heterocycles. The van der Waals surface area contributed by atoms with E-state index in [1.807, 2.05) is 52.2 Å². The number of carbonyl (C=O) groups excluding carboxylic acids is 2. The molecule has 6 aromatic rings. The van der Waals surface area contributed by atoms with Gasteiger partial charge in [0.25, 0.3) is 11.8 Å². The van der Waals surface area contributed by atoms with E-state index >= 15 is 0 Å². The standard InChI is InChI=1S/C49H61N11O7P2S2Si/c1-11-23-57(45(61)33-19-15-13-16-20-33)41-38-43(52-27-50-41)59(29-54-38)47-32(4)37(36(66-47)25-63-68-70)56-69(8,71)64-26-35-31(3)40(67-72(9,10)49(5,6)7)48(65-35)60-30-55-39-42(51-28-53-44(39)60)58(24-12-2)46(62)34-21-17-14-18-22-34/h11-22,27-32,35-37,40,47-48H,1-2,23-26H2,3-10H3,(H,56,71)/t31-,32-,35-,36-,37+,40-,47-,48-,69?/m1/s1. The summed E-state index contributed by atoms with van der Waals surface area (Å²) in [5, 5.41) is 3.58. The molecule has 6 heterocycles. The van der Waals surface area contributed by atoms with Crippen LogP contribution in [-0.4, -0.2) is 116 Å². The lowest BCUT2D eigenvalue weighted by Gasteiger charge is -2.40. The predicted molar refractivity (Wildman–Crippen MR) is 289 cm³/mol. The van der Waals surface area contributed by atoms with Gasteiger partial charge in [-0.2, -0.15) is 0 Å². The highest BCUT2D eigenvalue weighted by Gasteiger charge is 2.51. The summed E-state index contributed by atoms with van der Waals surface area (Å²) in [6, 6.07) is 17.7. The average Bonchev–Trinajstić information content (AvgIpc) is 4.14. The van der Waals surface area contributed by atoms with Crippen molar-refractivity contribution in [2.24, 2.45) is 11.8 Å². The first-order chi connectivity index (χ1) is 34.4. The Morgan fingerprint density at radius 1 is 0.792 bits per heavy atom. The van der Waals surface area contributed by atoms with Crippen LogP contribution in [0.1, 0.15) is 67.8 Å². The number of hydrogen-bond acceptors (Lipinski definition) is 15. The first-order valence-electron chi connectivity index (χ1n) is 23.6. The second kappa shape index (κ2) is 22.3. The van der Waals surface area contributed by atoms with Crippen molar-refractivity contribution in [2.45, 2.75) is 89.6 Å². The molecule has 2 fully saturated rings. The van der Waals surface area contributed by atoms with E-state index < -0.39 is 45.5 Å². The zero-order valence-corrected chi connectivity index (χ0v) is 46.1. The summed E-state index contributed by atoms with van der Waals surface area (Å²) in [5.74, 6) is -0.159. The molecule has 9 atom stereocenters. The Bertz CT molecular complexity index is 2980. The quantitative estimate of drug-likeness (QED) is 0.0433. The minimum atomic E-state index is -2.80. The molecule has 23 heteroatoms. The molecular formula is C49H61N11O7P2S2Si. The number of nitrogens with one attached hydrogen (secondary N) is 1. The molecule has 0 bridgehead atoms. The van der Waals surface area contributed by atoms with Crippen molar-refractivity contribution in [3.63, 3.8) is 0 Å². The number of hydrogen-bond donors (Lipinski definition) is 1. The van der Waals surface area contributed by atoms with Gasteiger partial charge in [0.1, 0.15) is 39.0 Å². The summed E-state index contributed by atoms with van der Waals surface area (Å²) in [6.45, 7) is 25.7. The fraction of sp³-hybridized carbons (Fsp3) is 0.429. The molecule has 0 saturated carbocycles. The zero-order chi connectivity index (χ0) is 51.5. The van der Waals surface area contributed by atoms with Crippen molar-refractivity contribution in [3.05, 3.63) is 122 Å². The van der Waals surface area contributed by atoms with Gasteiger partial charge < -0.3 is 22.9 Å². The van der Waals surface area contributed by atoms with Crippen LogP contribution >= 0.6 is 14.0 Å². The Labute approximate surface area is 432 Å². The monoisotopic (exact) mass is 1070 g/mol. The molecule has 4 aromatic heterocycles. The molecule has 18 nitrogen and oxygen atoms in total. The highest BCUT2D eigenvalue weighted by Crippen LogP contribution is 2.49. The Balaban J connectivity index is 1.04. The number of aromatic nitrogens is 8. The number of imidazole rings is 2. The van der Waals surface area contributed by atoms with Gasteiger partial charge >= 0.3 is 0 Å². The Hall–Kier alpha value is -4.89. The van der Waals surface area contributed by atoms with Crippen LogP contribution < -0.4 is 14.9 Å². The summed E-state index contributed by atoms with van der Waals surface area (Å²) >= 11 is 11.5. The lowest BCUT2D eigenvalue weighted by molar-refractivity contribution is -0.0427. The minimum Gasteiger partial charge on any atom is -0.409 e. The number of nitrogens with zero attached hydrogens (tertiary/aromatic N) is 10. The van der Waals surface area contributed by atoms with E-state index in [-0.39, 0.29) is 61.0 Å². The van der Waals surface area contributed by atoms with Crippen LogP contribution in [0.15, 0.2) is 111 Å². The summed E-state index contributed by atoms with van der Waals surface area (Å²) in [5.41, 5.74) is 2.85. The van der Waals surface area contributed by atoms with Gasteiger partial charge in [-0.05, 0) is 54.2 Å². The molecule has 72 heavy (non-hydrogen) atoms. The van der Waals surface area contributed by atoms with Gasteiger partial charge in [-0.1, -0.05) is 95.0 Å². The highest BCUT2D eigenvalue weighted by atomic mass is 32.4. The van der Waals surface area contributed by atoms with E-state index in [1.165, 1.54) is 17.6 Å². The summed E-state index contributed by atoms with van der Waals surface area (Å²) in [7, 11) is -2.06. The number of carbonyl (C=O) groups is 2. The molecule has 0 radical (unpaired) electrons. The molecule has 2 aliphatic rings. The smallest absolute Gasteiger partial charge is 0.259 e. The topological polar surface area (TPSA) is 186 Å². The van der Waals surface area contributed by atoms with Gasteiger partial charge in [-0.15, -0.1) is 13.2 Å². The van der Waals surface area contributed by atoms with Crippen molar-refractivity contribution < 1.29 is 32.5 Å². The molecule has 8 rings (SSSR count). The molecule has 1 N–H and O–H groups in total. The van der Waals surface area contributed by atoms with Crippen LogP contribution in [0.2, 0.25) is 18.1 Å². The maximum absolute atomic E-state index is 13.9. The molecule has 2 aromatic carbocycles. The summed E-state index contributed by atoms with van der Waals surface area (Å²) in [4.78, 5) is 58.7. The van der Waals surface area contributed by atoms with Crippen LogP contribution in [0, 0.1) is 11.8 Å². The Kier molecular flexibility index (Phi) is 16.5. The van der Waals surface area contributed by atoms with Crippen molar-refractivity contribution in [1.29, 1.82) is 0 Å². The second-order valence-electron chi connectivity index (χ2n) is 19.5. The first kappa shape index (κ1) is 53.4. The van der Waals surface area contributed by atoms with E-state index in [0.29, 0.717) is 52.7 Å². The maximum atomic E-state index is 13.9. The first-order valence-corrected chi connectivity index (χ1v) is 31.5. The minimum absolute atomic E-state index is 0.107. The zero-order valence-electron chi connectivity index (χ0n) is 41.6. The summed E-state index contributed by atoms with van der Waals surface area (Å²) < 4.78 is 37.2. The van der Waals surface area contributed by atoms with Crippen LogP contribution in [-0.2, 0) is 46.6 Å². The number of fused-ring (bicyclic) bond motifs is 2. The molecule has 1 unspecified atom stereocenters. The third-order valence-corrected chi connectivity index (χ3v) is 20.8. The molecule has 2 aliphatic heterocycles. The number of amides is 2. The van der Waals surface area contributed by atoms with Crippen molar-refractivity contribution in [1.82, 2.24) is 44.1 Å². The SMILES string of the molecule is C=CCN(C(=O)c1ccccc1)c1ncnc2c1ncn2[C@@H]1O[C@H](COP=S)[C@@H](NP(C)(=S)OC[C@H]2O[C@@H](n3cnc4c(N(CC=C)C(=O)c5ccccc5)ncnc43)[C@H](O[Si](C)(C)C(C)(C)C)[C@@H]2C)[C@H]1C. The summed E-state index contributed by atoms with van der Waals surface area (Å²) in [6.07, 6.45) is 4.10. The maximum Gasteiger partial charge on any atom is 0.259 e. The van der Waals surface area contributed by atoms with E-state index in [1.54, 1.807) is 54.0 Å². The third kappa shape index (κ3) is 11.0. The van der Waals surface area contributed by atoms with Crippen LogP contribution in [0.5, 0.6) is 0 Å². The lowest BCUT2D eigenvalue weighted by Crippen LogP contribution is -2.47. The Morgan fingerprint density at radius 2 is 1.29 bits per heavy atom. The van der Waals surface area contributed by atoms with Gasteiger partial charge in [0.15, 0.2) is 48.5 Å². The highest BCUT2D eigenvalue weighted by molar-refractivity contribution is 8.11. The molecular weight excluding hydrogens is 1010 g/mol. The predicted octanol–water partition coefficient (Wildman–Crippen LogP) is 9.04. The van der Waals surface area contributed by atoms with Crippen molar-refractivity contribution in [2.75, 3.05) is 42.8 Å². The number of benzene rings is 2. The number of ether oxygens (including phenoxy) is 2. The fourth-order valence-corrected chi connectivity index (χ4v) is 12.6. The van der Waals surface area contributed by atoms with E-state index in [9.17, 15) is 9.59 Å². The number of anilines is 2. The van der Waals surface area contributed by atoms with Gasteiger partial charge in [0.05, 0.1) is 38.1 Å². The van der Waals surface area contributed by atoms with E-state index in [4.69, 9.17) is 61.5 Å². The molecule has 0 aliphatic carbocycles.